The molecular formula is C13H21N3O4S2. The molecule has 0 aliphatic carbocycles. The van der Waals surface area contributed by atoms with Crippen LogP contribution in [0.25, 0.3) is 0 Å². The summed E-state index contributed by atoms with van der Waals surface area (Å²) in [5.41, 5.74) is 0.347. The van der Waals surface area contributed by atoms with Crippen molar-refractivity contribution in [1.29, 1.82) is 0 Å². The first-order valence-corrected chi connectivity index (χ1v) is 10.1. The van der Waals surface area contributed by atoms with E-state index in [0.717, 1.165) is 25.7 Å². The average Bonchev–Trinajstić information content (AvgIpc) is 2.77. The quantitative estimate of drug-likeness (QED) is 0.834. The van der Waals surface area contributed by atoms with E-state index in [2.05, 4.69) is 9.44 Å². The van der Waals surface area contributed by atoms with Gasteiger partial charge in [0.1, 0.15) is 0 Å². The Morgan fingerprint density at radius 1 is 0.909 bits per heavy atom. The van der Waals surface area contributed by atoms with Gasteiger partial charge in [0.15, 0.2) is 0 Å². The normalized spacial score (nSPS) is 17.9. The summed E-state index contributed by atoms with van der Waals surface area (Å²) in [6, 6.07) is 5.62. The third kappa shape index (κ3) is 4.19. The largest absolute Gasteiger partial charge is 0.301 e. The van der Waals surface area contributed by atoms with Crippen LogP contribution in [0.2, 0.25) is 0 Å². The number of hydrogen-bond acceptors (Lipinski definition) is 4. The Labute approximate surface area is 131 Å². The maximum Gasteiger partial charge on any atom is 0.301 e. The predicted octanol–water partition coefficient (Wildman–Crippen LogP) is 1.13. The molecular weight excluding hydrogens is 326 g/mol. The fraction of sp³-hybridized carbons (Fsp3) is 0.538. The lowest BCUT2D eigenvalue weighted by Gasteiger charge is -2.20. The van der Waals surface area contributed by atoms with E-state index in [1.54, 1.807) is 0 Å². The van der Waals surface area contributed by atoms with Crippen molar-refractivity contribution in [2.75, 3.05) is 24.9 Å². The molecule has 1 aliphatic heterocycles. The molecule has 0 spiro atoms. The van der Waals surface area contributed by atoms with Gasteiger partial charge in [-0.2, -0.15) is 12.7 Å². The number of anilines is 1. The predicted molar refractivity (Wildman–Crippen MR) is 85.3 cm³/mol. The zero-order valence-electron chi connectivity index (χ0n) is 12.4. The zero-order chi connectivity index (χ0) is 16.2. The lowest BCUT2D eigenvalue weighted by molar-refractivity contribution is 0.427. The van der Waals surface area contributed by atoms with Gasteiger partial charge in [0.05, 0.1) is 4.90 Å². The van der Waals surface area contributed by atoms with Crippen molar-refractivity contribution in [3.63, 3.8) is 0 Å². The van der Waals surface area contributed by atoms with Gasteiger partial charge in [-0.05, 0) is 44.2 Å². The molecule has 7 nitrogen and oxygen atoms in total. The average molecular weight is 347 g/mol. The minimum absolute atomic E-state index is 0.0905. The van der Waals surface area contributed by atoms with Crippen molar-refractivity contribution >= 4 is 25.9 Å². The fourth-order valence-electron chi connectivity index (χ4n) is 2.32. The van der Waals surface area contributed by atoms with Crippen LogP contribution in [0.5, 0.6) is 0 Å². The number of benzene rings is 1. The Balaban J connectivity index is 2.12. The Morgan fingerprint density at radius 3 is 1.95 bits per heavy atom. The van der Waals surface area contributed by atoms with Gasteiger partial charge in [0, 0.05) is 18.8 Å². The van der Waals surface area contributed by atoms with Crippen LogP contribution < -0.4 is 9.44 Å². The number of nitrogens with zero attached hydrogens (tertiary/aromatic N) is 1. The molecule has 0 amide bonds. The van der Waals surface area contributed by atoms with Crippen LogP contribution in [0.3, 0.4) is 0 Å². The lowest BCUT2D eigenvalue weighted by atomic mass is 10.2. The van der Waals surface area contributed by atoms with Crippen LogP contribution in [0.1, 0.15) is 25.7 Å². The van der Waals surface area contributed by atoms with Crippen molar-refractivity contribution in [1.82, 2.24) is 9.03 Å². The SMILES string of the molecule is CNS(=O)(=O)c1ccc(NS(=O)(=O)N2CCCCCC2)cc1. The van der Waals surface area contributed by atoms with Gasteiger partial charge in [0.2, 0.25) is 10.0 Å². The van der Waals surface area contributed by atoms with Crippen molar-refractivity contribution in [2.45, 2.75) is 30.6 Å². The molecule has 22 heavy (non-hydrogen) atoms. The van der Waals surface area contributed by atoms with E-state index >= 15 is 0 Å². The Hall–Kier alpha value is -1.16. The van der Waals surface area contributed by atoms with Crippen LogP contribution in [-0.4, -0.2) is 41.3 Å². The molecule has 0 radical (unpaired) electrons. The maximum atomic E-state index is 12.3. The topological polar surface area (TPSA) is 95.6 Å². The third-order valence-corrected chi connectivity index (χ3v) is 6.55. The Kier molecular flexibility index (Phi) is 5.43. The summed E-state index contributed by atoms with van der Waals surface area (Å²) >= 11 is 0. The van der Waals surface area contributed by atoms with Crippen LogP contribution in [-0.2, 0) is 20.2 Å². The summed E-state index contributed by atoms with van der Waals surface area (Å²) in [7, 11) is -5.79. The highest BCUT2D eigenvalue weighted by Gasteiger charge is 2.23. The van der Waals surface area contributed by atoms with Gasteiger partial charge in [-0.3, -0.25) is 4.72 Å². The molecule has 1 aliphatic rings. The van der Waals surface area contributed by atoms with Gasteiger partial charge >= 0.3 is 10.2 Å². The molecule has 0 aromatic heterocycles. The van der Waals surface area contributed by atoms with Crippen molar-refractivity contribution < 1.29 is 16.8 Å². The highest BCUT2D eigenvalue weighted by atomic mass is 32.2. The molecule has 0 saturated carbocycles. The van der Waals surface area contributed by atoms with Crippen LogP contribution >= 0.6 is 0 Å². The summed E-state index contributed by atoms with van der Waals surface area (Å²) in [6.45, 7) is 1.03. The van der Waals surface area contributed by atoms with Crippen LogP contribution in [0, 0.1) is 0 Å². The van der Waals surface area contributed by atoms with E-state index < -0.39 is 20.2 Å². The van der Waals surface area contributed by atoms with Crippen LogP contribution in [0.4, 0.5) is 5.69 Å². The summed E-state index contributed by atoms with van der Waals surface area (Å²) in [5, 5.41) is 0. The second kappa shape index (κ2) is 6.95. The highest BCUT2D eigenvalue weighted by Crippen LogP contribution is 2.18. The van der Waals surface area contributed by atoms with E-state index in [9.17, 15) is 16.8 Å². The molecule has 0 bridgehead atoms. The third-order valence-electron chi connectivity index (χ3n) is 3.59. The molecule has 0 atom stereocenters. The van der Waals surface area contributed by atoms with Crippen molar-refractivity contribution in [3.05, 3.63) is 24.3 Å². The number of hydrogen-bond donors (Lipinski definition) is 2. The van der Waals surface area contributed by atoms with E-state index in [1.165, 1.54) is 35.6 Å². The van der Waals surface area contributed by atoms with E-state index in [4.69, 9.17) is 0 Å². The van der Waals surface area contributed by atoms with Gasteiger partial charge in [-0.25, -0.2) is 13.1 Å². The molecule has 2 rings (SSSR count). The zero-order valence-corrected chi connectivity index (χ0v) is 14.1. The maximum absolute atomic E-state index is 12.3. The van der Waals surface area contributed by atoms with Gasteiger partial charge in [-0.15, -0.1) is 0 Å². The second-order valence-electron chi connectivity index (χ2n) is 5.15. The van der Waals surface area contributed by atoms with Crippen molar-refractivity contribution in [2.24, 2.45) is 0 Å². The highest BCUT2D eigenvalue weighted by molar-refractivity contribution is 7.90. The molecule has 124 valence electrons. The number of nitrogens with one attached hydrogen (secondary N) is 2. The first-order chi connectivity index (χ1) is 10.3. The van der Waals surface area contributed by atoms with Gasteiger partial charge in [-0.1, -0.05) is 12.8 Å². The van der Waals surface area contributed by atoms with Crippen LogP contribution in [0.15, 0.2) is 29.2 Å². The van der Waals surface area contributed by atoms with Gasteiger partial charge in [0.25, 0.3) is 0 Å². The summed E-state index contributed by atoms with van der Waals surface area (Å²) in [5.74, 6) is 0. The number of rotatable bonds is 5. The standard InChI is InChI=1S/C13H21N3O4S2/c1-14-21(17,18)13-8-6-12(7-9-13)15-22(19,20)16-10-4-2-3-5-11-16/h6-9,14-15H,2-5,10-11H2,1H3. The minimum atomic E-state index is -3.60. The van der Waals surface area contributed by atoms with Gasteiger partial charge < -0.3 is 0 Å². The molecule has 1 saturated heterocycles. The van der Waals surface area contributed by atoms with E-state index in [-0.39, 0.29) is 4.90 Å². The minimum Gasteiger partial charge on any atom is -0.271 e. The second-order valence-corrected chi connectivity index (χ2v) is 8.71. The Morgan fingerprint density at radius 2 is 1.45 bits per heavy atom. The smallest absolute Gasteiger partial charge is 0.271 e. The van der Waals surface area contributed by atoms with E-state index in [0.29, 0.717) is 18.8 Å². The first kappa shape index (κ1) is 17.2. The first-order valence-electron chi connectivity index (χ1n) is 7.17. The summed E-state index contributed by atoms with van der Waals surface area (Å²) < 4.78 is 54.1. The lowest BCUT2D eigenvalue weighted by Crippen LogP contribution is -2.36. The number of sulfonamides is 1. The molecule has 1 aromatic carbocycles. The molecule has 9 heteroatoms. The Bertz CT molecular complexity index is 691. The van der Waals surface area contributed by atoms with Crippen molar-refractivity contribution in [3.8, 4) is 0 Å². The molecule has 1 heterocycles. The molecule has 1 fully saturated rings. The fourth-order valence-corrected chi connectivity index (χ4v) is 4.35. The molecule has 2 N–H and O–H groups in total. The van der Waals surface area contributed by atoms with E-state index in [1.807, 2.05) is 0 Å². The monoisotopic (exact) mass is 347 g/mol. The summed E-state index contributed by atoms with van der Waals surface area (Å²) in [6.07, 6.45) is 3.81. The summed E-state index contributed by atoms with van der Waals surface area (Å²) in [4.78, 5) is 0.0905. The molecule has 1 aromatic rings. The molecule has 0 unspecified atom stereocenters.